The van der Waals surface area contributed by atoms with E-state index < -0.39 is 6.10 Å². The van der Waals surface area contributed by atoms with Crippen molar-refractivity contribution in [3.63, 3.8) is 0 Å². The van der Waals surface area contributed by atoms with E-state index in [1.54, 1.807) is 25.1 Å². The summed E-state index contributed by atoms with van der Waals surface area (Å²) >= 11 is 0. The highest BCUT2D eigenvalue weighted by Gasteiger charge is 2.29. The summed E-state index contributed by atoms with van der Waals surface area (Å²) in [4.78, 5) is 14.1. The molecular weight excluding hydrogens is 322 g/mol. The number of hydrogen-bond acceptors (Lipinski definition) is 5. The minimum atomic E-state index is -0.638. The van der Waals surface area contributed by atoms with E-state index in [1.165, 1.54) is 0 Å². The second kappa shape index (κ2) is 7.79. The minimum Gasteiger partial charge on any atom is -0.497 e. The predicted molar refractivity (Wildman–Crippen MR) is 92.5 cm³/mol. The Morgan fingerprint density at radius 1 is 1.12 bits per heavy atom. The molecular formula is C19H21NO5. The van der Waals surface area contributed by atoms with Crippen LogP contribution in [-0.4, -0.2) is 50.8 Å². The zero-order valence-electron chi connectivity index (χ0n) is 14.3. The molecule has 2 aromatic carbocycles. The maximum Gasteiger partial charge on any atom is 0.267 e. The number of fused-ring (bicyclic) bond motifs is 1. The van der Waals surface area contributed by atoms with E-state index in [4.69, 9.17) is 18.9 Å². The molecule has 1 aliphatic heterocycles. The van der Waals surface area contributed by atoms with Gasteiger partial charge in [-0.1, -0.05) is 12.1 Å². The van der Waals surface area contributed by atoms with Crippen LogP contribution in [0.3, 0.4) is 0 Å². The first-order valence-corrected chi connectivity index (χ1v) is 8.07. The van der Waals surface area contributed by atoms with E-state index >= 15 is 0 Å². The highest BCUT2D eigenvalue weighted by atomic mass is 16.6. The third kappa shape index (κ3) is 4.15. The maximum absolute atomic E-state index is 12.5. The molecule has 0 aromatic heterocycles. The second-order valence-corrected chi connectivity index (χ2v) is 5.65. The topological polar surface area (TPSA) is 57.2 Å². The third-order valence-electron chi connectivity index (χ3n) is 3.92. The smallest absolute Gasteiger partial charge is 0.267 e. The fourth-order valence-corrected chi connectivity index (χ4v) is 2.47. The molecule has 1 aliphatic rings. The monoisotopic (exact) mass is 343 g/mol. The Labute approximate surface area is 146 Å². The summed E-state index contributed by atoms with van der Waals surface area (Å²) in [5.41, 5.74) is 0. The zero-order chi connectivity index (χ0) is 17.6. The van der Waals surface area contributed by atoms with Gasteiger partial charge in [0.15, 0.2) is 11.5 Å². The van der Waals surface area contributed by atoms with Crippen LogP contribution in [0.25, 0.3) is 0 Å². The average Bonchev–Trinajstić information content (AvgIpc) is 2.67. The van der Waals surface area contributed by atoms with Crippen LogP contribution in [0, 0.1) is 0 Å². The van der Waals surface area contributed by atoms with E-state index in [1.807, 2.05) is 42.5 Å². The van der Waals surface area contributed by atoms with Crippen molar-refractivity contribution in [2.75, 3.05) is 33.9 Å². The highest BCUT2D eigenvalue weighted by Crippen LogP contribution is 2.31. The molecule has 0 radical (unpaired) electrons. The fraction of sp³-hybridized carbons (Fsp3) is 0.316. The average molecular weight is 343 g/mol. The summed E-state index contributed by atoms with van der Waals surface area (Å²) in [6.45, 7) is 1.05. The molecule has 3 rings (SSSR count). The summed E-state index contributed by atoms with van der Waals surface area (Å²) in [6, 6.07) is 14.6. The number of likely N-dealkylation sites (N-methyl/N-ethyl adjacent to an activating group) is 1. The number of rotatable bonds is 6. The predicted octanol–water partition coefficient (Wildman–Crippen LogP) is 2.37. The summed E-state index contributed by atoms with van der Waals surface area (Å²) in [5, 5.41) is 0. The minimum absolute atomic E-state index is 0.132. The Bertz CT molecular complexity index is 716. The normalized spacial score (nSPS) is 15.4. The van der Waals surface area contributed by atoms with Gasteiger partial charge in [-0.2, -0.15) is 0 Å². The van der Waals surface area contributed by atoms with Crippen molar-refractivity contribution in [3.05, 3.63) is 48.5 Å². The molecule has 0 spiro atoms. The van der Waals surface area contributed by atoms with Gasteiger partial charge in [-0.05, 0) is 36.4 Å². The zero-order valence-corrected chi connectivity index (χ0v) is 14.3. The number of carbonyl (C=O) groups is 1. The summed E-state index contributed by atoms with van der Waals surface area (Å²) in [5.74, 6) is 2.63. The molecule has 0 unspecified atom stereocenters. The van der Waals surface area contributed by atoms with Gasteiger partial charge in [-0.25, -0.2) is 0 Å². The lowest BCUT2D eigenvalue weighted by Gasteiger charge is -2.28. The third-order valence-corrected chi connectivity index (χ3v) is 3.92. The van der Waals surface area contributed by atoms with Crippen LogP contribution in [0.1, 0.15) is 0 Å². The van der Waals surface area contributed by atoms with Crippen molar-refractivity contribution in [2.24, 2.45) is 0 Å². The molecule has 132 valence electrons. The first kappa shape index (κ1) is 17.0. The number of methoxy groups -OCH3 is 1. The molecule has 6 heteroatoms. The summed E-state index contributed by atoms with van der Waals surface area (Å²) < 4.78 is 22.1. The van der Waals surface area contributed by atoms with E-state index in [2.05, 4.69) is 0 Å². The first-order valence-electron chi connectivity index (χ1n) is 8.07. The Kier molecular flexibility index (Phi) is 5.28. The van der Waals surface area contributed by atoms with Crippen LogP contribution in [0.5, 0.6) is 23.0 Å². The van der Waals surface area contributed by atoms with Crippen LogP contribution in [0.4, 0.5) is 0 Å². The number of carbonyl (C=O) groups excluding carboxylic acids is 1. The van der Waals surface area contributed by atoms with E-state index in [0.717, 1.165) is 11.5 Å². The fourth-order valence-electron chi connectivity index (χ4n) is 2.47. The molecule has 1 atom stereocenters. The number of nitrogens with zero attached hydrogens (tertiary/aromatic N) is 1. The lowest BCUT2D eigenvalue weighted by molar-refractivity contribution is -0.140. The molecule has 0 aliphatic carbocycles. The molecule has 0 bridgehead atoms. The van der Waals surface area contributed by atoms with Gasteiger partial charge in [0, 0.05) is 7.05 Å². The Balaban J connectivity index is 1.48. The Morgan fingerprint density at radius 2 is 1.80 bits per heavy atom. The van der Waals surface area contributed by atoms with Crippen molar-refractivity contribution in [1.29, 1.82) is 0 Å². The Morgan fingerprint density at radius 3 is 2.52 bits per heavy atom. The van der Waals surface area contributed by atoms with Crippen LogP contribution in [0.2, 0.25) is 0 Å². The van der Waals surface area contributed by atoms with Crippen LogP contribution >= 0.6 is 0 Å². The molecule has 0 saturated heterocycles. The SMILES string of the molecule is COc1ccc(OCCN(C)C(=O)[C@@H]2COc3ccccc3O2)cc1. The Hall–Kier alpha value is -2.89. The molecule has 1 heterocycles. The molecule has 0 saturated carbocycles. The van der Waals surface area contributed by atoms with Crippen molar-refractivity contribution < 1.29 is 23.7 Å². The van der Waals surface area contributed by atoms with Crippen LogP contribution in [-0.2, 0) is 4.79 Å². The second-order valence-electron chi connectivity index (χ2n) is 5.65. The van der Waals surface area contributed by atoms with E-state index in [0.29, 0.717) is 24.7 Å². The molecule has 0 fully saturated rings. The van der Waals surface area contributed by atoms with E-state index in [9.17, 15) is 4.79 Å². The molecule has 25 heavy (non-hydrogen) atoms. The van der Waals surface area contributed by atoms with Crippen LogP contribution < -0.4 is 18.9 Å². The quantitative estimate of drug-likeness (QED) is 0.806. The van der Waals surface area contributed by atoms with E-state index in [-0.39, 0.29) is 12.5 Å². The van der Waals surface area contributed by atoms with Gasteiger partial charge >= 0.3 is 0 Å². The lowest BCUT2D eigenvalue weighted by atomic mass is 10.2. The summed E-state index contributed by atoms with van der Waals surface area (Å²) in [7, 11) is 3.34. The molecule has 6 nitrogen and oxygen atoms in total. The van der Waals surface area contributed by atoms with Gasteiger partial charge in [0.1, 0.15) is 24.7 Å². The van der Waals surface area contributed by atoms with Gasteiger partial charge in [-0.3, -0.25) is 4.79 Å². The van der Waals surface area contributed by atoms with Crippen molar-refractivity contribution in [3.8, 4) is 23.0 Å². The number of amides is 1. The first-order chi connectivity index (χ1) is 12.2. The van der Waals surface area contributed by atoms with Crippen molar-refractivity contribution in [2.45, 2.75) is 6.10 Å². The molecule has 2 aromatic rings. The molecule has 1 amide bonds. The van der Waals surface area contributed by atoms with Gasteiger partial charge in [0.25, 0.3) is 5.91 Å². The van der Waals surface area contributed by atoms with Gasteiger partial charge in [-0.15, -0.1) is 0 Å². The highest BCUT2D eigenvalue weighted by molar-refractivity contribution is 5.81. The number of para-hydroxylation sites is 2. The van der Waals surface area contributed by atoms with Crippen LogP contribution in [0.15, 0.2) is 48.5 Å². The van der Waals surface area contributed by atoms with Gasteiger partial charge < -0.3 is 23.8 Å². The van der Waals surface area contributed by atoms with Gasteiger partial charge in [0.05, 0.1) is 13.7 Å². The maximum atomic E-state index is 12.5. The number of hydrogen-bond donors (Lipinski definition) is 0. The van der Waals surface area contributed by atoms with Crippen molar-refractivity contribution in [1.82, 2.24) is 4.90 Å². The van der Waals surface area contributed by atoms with Crippen molar-refractivity contribution >= 4 is 5.91 Å². The standard InChI is InChI=1S/C19H21NO5/c1-20(11-12-23-15-9-7-14(22-2)8-10-15)19(21)18-13-24-16-5-3-4-6-17(16)25-18/h3-10,18H,11-13H2,1-2H3/t18-/m0/s1. The number of benzene rings is 2. The summed E-state index contributed by atoms with van der Waals surface area (Å²) in [6.07, 6.45) is -0.638. The number of ether oxygens (including phenoxy) is 4. The molecule has 0 N–H and O–H groups in total. The van der Waals surface area contributed by atoms with Gasteiger partial charge in [0.2, 0.25) is 6.10 Å². The largest absolute Gasteiger partial charge is 0.497 e. The lowest BCUT2D eigenvalue weighted by Crippen LogP contribution is -2.45.